The molecule has 4 atom stereocenters. The van der Waals surface area contributed by atoms with Gasteiger partial charge < -0.3 is 28.4 Å². The predicted octanol–water partition coefficient (Wildman–Crippen LogP) is 0.190. The molecule has 0 spiro atoms. The lowest BCUT2D eigenvalue weighted by Crippen LogP contribution is -2.49. The zero-order valence-electron chi connectivity index (χ0n) is 16.8. The van der Waals surface area contributed by atoms with Crippen LogP contribution in [0.15, 0.2) is 11.8 Å². The van der Waals surface area contributed by atoms with Crippen molar-refractivity contribution in [3.63, 3.8) is 0 Å². The van der Waals surface area contributed by atoms with Crippen LogP contribution in [0, 0.1) is 0 Å². The van der Waals surface area contributed by atoms with E-state index in [2.05, 4.69) is 4.74 Å². The summed E-state index contributed by atoms with van der Waals surface area (Å²) < 4.78 is 30.6. The molecule has 0 aromatic rings. The lowest BCUT2D eigenvalue weighted by Gasteiger charge is -2.35. The maximum Gasteiger partial charge on any atom is 0.373 e. The third-order valence-corrected chi connectivity index (χ3v) is 3.59. The van der Waals surface area contributed by atoms with Crippen molar-refractivity contribution in [2.24, 2.45) is 0 Å². The molecule has 0 N–H and O–H groups in total. The van der Waals surface area contributed by atoms with Gasteiger partial charge in [0.1, 0.15) is 18.8 Å². The van der Waals surface area contributed by atoms with Crippen molar-refractivity contribution >= 4 is 29.8 Å². The summed E-state index contributed by atoms with van der Waals surface area (Å²) in [5.41, 5.74) is 0. The Bertz CT molecular complexity index is 681. The Labute approximate surface area is 167 Å². The summed E-state index contributed by atoms with van der Waals surface area (Å²) in [5.74, 6) is -3.86. The highest BCUT2D eigenvalue weighted by molar-refractivity contribution is 5.86. The Morgan fingerprint density at radius 1 is 1.00 bits per heavy atom. The van der Waals surface area contributed by atoms with Gasteiger partial charge in [-0.25, -0.2) is 4.79 Å². The second-order valence-electron chi connectivity index (χ2n) is 6.09. The van der Waals surface area contributed by atoms with Gasteiger partial charge in [0, 0.05) is 40.2 Å². The average Bonchev–Trinajstić information content (AvgIpc) is 2.61. The van der Waals surface area contributed by atoms with Gasteiger partial charge in [0.25, 0.3) is 0 Å². The minimum Gasteiger partial charge on any atom is -0.479 e. The van der Waals surface area contributed by atoms with Crippen molar-refractivity contribution in [2.75, 3.05) is 13.7 Å². The highest BCUT2D eigenvalue weighted by Gasteiger charge is 2.42. The molecule has 0 saturated heterocycles. The van der Waals surface area contributed by atoms with Crippen molar-refractivity contribution in [3.05, 3.63) is 11.8 Å². The Hall–Kier alpha value is -3.11. The summed E-state index contributed by atoms with van der Waals surface area (Å²) in [6, 6.07) is 0. The normalized spacial score (nSPS) is 20.1. The van der Waals surface area contributed by atoms with Crippen LogP contribution in [-0.4, -0.2) is 68.0 Å². The fourth-order valence-corrected chi connectivity index (χ4v) is 2.62. The quantitative estimate of drug-likeness (QED) is 0.395. The zero-order chi connectivity index (χ0) is 22.1. The lowest BCUT2D eigenvalue weighted by molar-refractivity contribution is -0.188. The zero-order valence-corrected chi connectivity index (χ0v) is 16.8. The summed E-state index contributed by atoms with van der Waals surface area (Å²) in [6.45, 7) is 4.14. The van der Waals surface area contributed by atoms with Gasteiger partial charge in [-0.2, -0.15) is 0 Å². The Morgan fingerprint density at radius 3 is 2.10 bits per heavy atom. The third-order valence-electron chi connectivity index (χ3n) is 3.59. The summed E-state index contributed by atoms with van der Waals surface area (Å²) in [6.07, 6.45) is -3.27. The maximum absolute atomic E-state index is 11.9. The van der Waals surface area contributed by atoms with Gasteiger partial charge in [0.05, 0.1) is 7.11 Å². The molecule has 11 heteroatoms. The van der Waals surface area contributed by atoms with E-state index >= 15 is 0 Å². The smallest absolute Gasteiger partial charge is 0.373 e. The van der Waals surface area contributed by atoms with E-state index in [0.717, 1.165) is 27.9 Å². The van der Waals surface area contributed by atoms with Crippen LogP contribution in [0.25, 0.3) is 0 Å². The first-order chi connectivity index (χ1) is 13.5. The second-order valence-corrected chi connectivity index (χ2v) is 6.09. The Kier molecular flexibility index (Phi) is 9.10. The minimum atomic E-state index is -1.28. The number of esters is 5. The van der Waals surface area contributed by atoms with Crippen LogP contribution in [0.1, 0.15) is 34.1 Å². The fourth-order valence-electron chi connectivity index (χ4n) is 2.62. The molecule has 0 radical (unpaired) electrons. The monoisotopic (exact) mass is 416 g/mol. The van der Waals surface area contributed by atoms with E-state index in [-0.39, 0.29) is 12.2 Å². The molecule has 162 valence electrons. The molecule has 0 aromatic carbocycles. The topological polar surface area (TPSA) is 141 Å². The van der Waals surface area contributed by atoms with Crippen molar-refractivity contribution in [3.8, 4) is 0 Å². The van der Waals surface area contributed by atoms with Crippen LogP contribution in [-0.2, 0) is 52.4 Å². The van der Waals surface area contributed by atoms with Crippen molar-refractivity contribution < 1.29 is 52.4 Å². The standard InChI is InChI=1S/C18H24O11/c1-9(19)25-8-16(27-11(3)21)17(28-12(4)22)14-6-13(26-10(2)20)7-15(29-14)18(23)24-5/h7,13-14,16-17H,6,8H2,1-5H3/t13-,14?,16+,17?/m0/s1. The average molecular weight is 416 g/mol. The van der Waals surface area contributed by atoms with Gasteiger partial charge in [0.15, 0.2) is 12.2 Å². The number of hydrogen-bond donors (Lipinski definition) is 0. The van der Waals surface area contributed by atoms with E-state index in [4.69, 9.17) is 23.7 Å². The van der Waals surface area contributed by atoms with Gasteiger partial charge in [-0.15, -0.1) is 0 Å². The van der Waals surface area contributed by atoms with E-state index in [0.29, 0.717) is 0 Å². The van der Waals surface area contributed by atoms with Gasteiger partial charge in [-0.05, 0) is 0 Å². The number of rotatable bonds is 8. The van der Waals surface area contributed by atoms with Crippen LogP contribution < -0.4 is 0 Å². The molecule has 1 heterocycles. The molecular formula is C18H24O11. The highest BCUT2D eigenvalue weighted by Crippen LogP contribution is 2.27. The molecule has 0 aromatic heterocycles. The number of ether oxygens (including phenoxy) is 6. The minimum absolute atomic E-state index is 0.0319. The molecule has 0 fully saturated rings. The molecule has 1 aliphatic rings. The van der Waals surface area contributed by atoms with Crippen LogP contribution in [0.5, 0.6) is 0 Å². The Balaban J connectivity index is 3.23. The van der Waals surface area contributed by atoms with Gasteiger partial charge >= 0.3 is 29.8 Å². The van der Waals surface area contributed by atoms with E-state index in [1.54, 1.807) is 0 Å². The summed E-state index contributed by atoms with van der Waals surface area (Å²) in [7, 11) is 1.13. The number of hydrogen-bond acceptors (Lipinski definition) is 11. The molecule has 0 bridgehead atoms. The summed E-state index contributed by atoms with van der Waals surface area (Å²) in [5, 5.41) is 0. The van der Waals surface area contributed by atoms with E-state index in [9.17, 15) is 24.0 Å². The second kappa shape index (κ2) is 11.0. The molecule has 29 heavy (non-hydrogen) atoms. The molecule has 1 rings (SSSR count). The molecule has 11 nitrogen and oxygen atoms in total. The molecule has 0 aliphatic carbocycles. The maximum atomic E-state index is 11.9. The van der Waals surface area contributed by atoms with Crippen LogP contribution >= 0.6 is 0 Å². The summed E-state index contributed by atoms with van der Waals surface area (Å²) >= 11 is 0. The van der Waals surface area contributed by atoms with Crippen molar-refractivity contribution in [1.82, 2.24) is 0 Å². The van der Waals surface area contributed by atoms with E-state index in [1.165, 1.54) is 13.0 Å². The first-order valence-corrected chi connectivity index (χ1v) is 8.65. The summed E-state index contributed by atoms with van der Waals surface area (Å²) in [4.78, 5) is 57.6. The van der Waals surface area contributed by atoms with Crippen LogP contribution in [0.2, 0.25) is 0 Å². The first kappa shape index (κ1) is 23.9. The highest BCUT2D eigenvalue weighted by atomic mass is 16.6. The SMILES string of the molecule is COC(=O)C1=C[C@@H](OC(C)=O)CC(C(OC(C)=O)[C@@H](COC(C)=O)OC(C)=O)O1. The Morgan fingerprint density at radius 2 is 1.62 bits per heavy atom. The number of methoxy groups -OCH3 is 1. The molecular weight excluding hydrogens is 392 g/mol. The van der Waals surface area contributed by atoms with E-state index in [1.807, 2.05) is 0 Å². The van der Waals surface area contributed by atoms with Gasteiger partial charge in [-0.1, -0.05) is 0 Å². The van der Waals surface area contributed by atoms with Crippen LogP contribution in [0.3, 0.4) is 0 Å². The molecule has 0 amide bonds. The molecule has 2 unspecified atom stereocenters. The molecule has 1 aliphatic heterocycles. The van der Waals surface area contributed by atoms with Crippen LogP contribution in [0.4, 0.5) is 0 Å². The first-order valence-electron chi connectivity index (χ1n) is 8.65. The third kappa shape index (κ3) is 8.20. The fraction of sp³-hybridized carbons (Fsp3) is 0.611. The van der Waals surface area contributed by atoms with Crippen molar-refractivity contribution in [2.45, 2.75) is 58.5 Å². The van der Waals surface area contributed by atoms with Crippen molar-refractivity contribution in [1.29, 1.82) is 0 Å². The van der Waals surface area contributed by atoms with E-state index < -0.39 is 60.9 Å². The van der Waals surface area contributed by atoms with Gasteiger partial charge in [0.2, 0.25) is 5.76 Å². The number of carbonyl (C=O) groups excluding carboxylic acids is 5. The lowest BCUT2D eigenvalue weighted by atomic mass is 9.98. The largest absolute Gasteiger partial charge is 0.479 e. The van der Waals surface area contributed by atoms with Gasteiger partial charge in [-0.3, -0.25) is 19.2 Å². The predicted molar refractivity (Wildman–Crippen MR) is 92.9 cm³/mol. The molecule has 0 saturated carbocycles. The number of carbonyl (C=O) groups is 5.